The van der Waals surface area contributed by atoms with Crippen LogP contribution in [0.3, 0.4) is 0 Å². The fourth-order valence-electron chi connectivity index (χ4n) is 5.09. The van der Waals surface area contributed by atoms with Crippen molar-refractivity contribution in [2.45, 2.75) is 129 Å². The Labute approximate surface area is 198 Å². The molecule has 176 valence electrons. The van der Waals surface area contributed by atoms with Gasteiger partial charge in [-0.15, -0.1) is 0 Å². The summed E-state index contributed by atoms with van der Waals surface area (Å²) in [6.07, 6.45) is 33.9. The molecule has 2 heteroatoms. The van der Waals surface area contributed by atoms with Gasteiger partial charge in [0.2, 0.25) is 0 Å². The van der Waals surface area contributed by atoms with Crippen LogP contribution in [-0.2, 0) is 25.9 Å². The van der Waals surface area contributed by atoms with E-state index in [4.69, 9.17) is 0 Å². The van der Waals surface area contributed by atoms with Gasteiger partial charge in [0.1, 0.15) is 13.1 Å². The van der Waals surface area contributed by atoms with Crippen molar-refractivity contribution in [3.8, 4) is 0 Å². The molecule has 3 heterocycles. The van der Waals surface area contributed by atoms with Crippen LogP contribution in [-0.4, -0.2) is 0 Å². The zero-order chi connectivity index (χ0) is 22.1. The Morgan fingerprint density at radius 2 is 0.750 bits per heavy atom. The van der Waals surface area contributed by atoms with E-state index in [1.54, 1.807) is 0 Å². The second-order valence-corrected chi connectivity index (χ2v) is 10.1. The molecule has 0 aliphatic carbocycles. The van der Waals surface area contributed by atoms with Gasteiger partial charge in [0.25, 0.3) is 0 Å². The number of fused-ring (bicyclic) bond motifs is 4. The summed E-state index contributed by atoms with van der Waals surface area (Å²) in [7, 11) is 0. The van der Waals surface area contributed by atoms with Crippen LogP contribution in [0.15, 0.2) is 49.1 Å². The van der Waals surface area contributed by atoms with Crippen molar-refractivity contribution in [2.24, 2.45) is 0 Å². The number of rotatable bonds is 0. The van der Waals surface area contributed by atoms with Gasteiger partial charge in [0.05, 0.1) is 0 Å². The van der Waals surface area contributed by atoms with Gasteiger partial charge in [-0.2, -0.15) is 0 Å². The summed E-state index contributed by atoms with van der Waals surface area (Å²) in [5.74, 6) is 0. The van der Waals surface area contributed by atoms with E-state index in [9.17, 15) is 0 Å². The predicted molar refractivity (Wildman–Crippen MR) is 135 cm³/mol. The summed E-state index contributed by atoms with van der Waals surface area (Å²) < 4.78 is 4.85. The Hall–Kier alpha value is -1.70. The van der Waals surface area contributed by atoms with Crippen molar-refractivity contribution in [2.75, 3.05) is 0 Å². The lowest BCUT2D eigenvalue weighted by atomic mass is 10.0. The van der Waals surface area contributed by atoms with E-state index in [1.807, 2.05) is 0 Å². The van der Waals surface area contributed by atoms with Gasteiger partial charge in [0, 0.05) is 36.1 Å². The molecule has 2 aromatic heterocycles. The monoisotopic (exact) mass is 436 g/mol. The first-order valence-corrected chi connectivity index (χ1v) is 13.9. The standard InChI is InChI=1S/C30H48N2/c1-3-7-11-15-23-31-25-18-22-30(28-31)20-14-10-6-2-4-8-12-16-24-32-26-17-21-29(27-32)19-13-9-5-1/h17-18,21-22,25-28H,1-16,19-20,23-24H2/q+2. The summed E-state index contributed by atoms with van der Waals surface area (Å²) in [6, 6.07) is 9.13. The SMILES string of the molecule is c1cc2c[n+](c1)CCCCCCCCCCc1ccc[n+](c1)CCCCCCCCCC2. The molecule has 0 aromatic carbocycles. The fourth-order valence-corrected chi connectivity index (χ4v) is 5.09. The molecule has 0 N–H and O–H groups in total. The average Bonchev–Trinajstić information content (AvgIpc) is 2.81. The molecule has 0 spiro atoms. The highest BCUT2D eigenvalue weighted by molar-refractivity contribution is 5.05. The van der Waals surface area contributed by atoms with Gasteiger partial charge in [-0.25, -0.2) is 9.13 Å². The van der Waals surface area contributed by atoms with Crippen LogP contribution >= 0.6 is 0 Å². The van der Waals surface area contributed by atoms with Crippen molar-refractivity contribution < 1.29 is 9.13 Å². The molecule has 0 unspecified atom stereocenters. The van der Waals surface area contributed by atoms with Crippen molar-refractivity contribution in [1.82, 2.24) is 0 Å². The molecular formula is C30H48N2+2. The van der Waals surface area contributed by atoms with E-state index in [0.717, 1.165) is 0 Å². The van der Waals surface area contributed by atoms with Crippen molar-refractivity contribution in [3.05, 3.63) is 60.2 Å². The Kier molecular flexibility index (Phi) is 12.5. The molecule has 1 aliphatic heterocycles. The second kappa shape index (κ2) is 16.0. The summed E-state index contributed by atoms with van der Waals surface area (Å²) in [5.41, 5.74) is 3.05. The zero-order valence-electron chi connectivity index (χ0n) is 20.7. The third-order valence-corrected chi connectivity index (χ3v) is 7.10. The molecule has 0 saturated carbocycles. The number of aromatic nitrogens is 2. The summed E-state index contributed by atoms with van der Waals surface area (Å²) in [6.45, 7) is 2.37. The number of pyridine rings is 2. The fraction of sp³-hybridized carbons (Fsp3) is 0.667. The van der Waals surface area contributed by atoms with E-state index >= 15 is 0 Å². The van der Waals surface area contributed by atoms with Crippen LogP contribution in [0, 0.1) is 0 Å². The van der Waals surface area contributed by atoms with Gasteiger partial charge >= 0.3 is 0 Å². The summed E-state index contributed by atoms with van der Waals surface area (Å²) in [5, 5.41) is 0. The van der Waals surface area contributed by atoms with Crippen LogP contribution < -0.4 is 9.13 Å². The molecule has 0 radical (unpaired) electrons. The minimum Gasteiger partial charge on any atom is -0.205 e. The molecule has 2 aromatic rings. The molecule has 4 bridgehead atoms. The van der Waals surface area contributed by atoms with Gasteiger partial charge in [-0.3, -0.25) is 0 Å². The quantitative estimate of drug-likeness (QED) is 0.383. The average molecular weight is 437 g/mol. The minimum atomic E-state index is 1.19. The lowest BCUT2D eigenvalue weighted by molar-refractivity contribution is -0.697. The van der Waals surface area contributed by atoms with E-state index < -0.39 is 0 Å². The van der Waals surface area contributed by atoms with Crippen LogP contribution in [0.1, 0.15) is 114 Å². The topological polar surface area (TPSA) is 7.76 Å². The van der Waals surface area contributed by atoms with Crippen molar-refractivity contribution in [1.29, 1.82) is 0 Å². The maximum Gasteiger partial charge on any atom is 0.171 e. The molecular weight excluding hydrogens is 388 g/mol. The normalized spacial score (nSPS) is 19.2. The highest BCUT2D eigenvalue weighted by Crippen LogP contribution is 2.13. The smallest absolute Gasteiger partial charge is 0.171 e. The molecule has 3 rings (SSSR count). The van der Waals surface area contributed by atoms with Crippen LogP contribution in [0.2, 0.25) is 0 Å². The first kappa shape index (κ1) is 24.9. The molecule has 32 heavy (non-hydrogen) atoms. The van der Waals surface area contributed by atoms with Crippen LogP contribution in [0.4, 0.5) is 0 Å². The number of hydrogen-bond acceptors (Lipinski definition) is 0. The highest BCUT2D eigenvalue weighted by atomic mass is 14.9. The third kappa shape index (κ3) is 10.7. The second-order valence-electron chi connectivity index (χ2n) is 10.1. The Morgan fingerprint density at radius 3 is 1.16 bits per heavy atom. The van der Waals surface area contributed by atoms with Gasteiger partial charge in [-0.1, -0.05) is 64.2 Å². The Balaban J connectivity index is 1.41. The van der Waals surface area contributed by atoms with Gasteiger partial charge in [0.15, 0.2) is 24.8 Å². The molecule has 1 aliphatic rings. The van der Waals surface area contributed by atoms with E-state index in [1.165, 1.54) is 140 Å². The van der Waals surface area contributed by atoms with Crippen LogP contribution in [0.5, 0.6) is 0 Å². The molecule has 0 amide bonds. The molecule has 0 fully saturated rings. The van der Waals surface area contributed by atoms with Crippen LogP contribution in [0.25, 0.3) is 0 Å². The zero-order valence-corrected chi connectivity index (χ0v) is 20.7. The lowest BCUT2D eigenvalue weighted by Gasteiger charge is -2.05. The maximum atomic E-state index is 2.42. The largest absolute Gasteiger partial charge is 0.205 e. The van der Waals surface area contributed by atoms with Crippen molar-refractivity contribution in [3.63, 3.8) is 0 Å². The molecule has 0 saturated heterocycles. The summed E-state index contributed by atoms with van der Waals surface area (Å²) >= 11 is 0. The molecule has 2 nitrogen and oxygen atoms in total. The Morgan fingerprint density at radius 1 is 0.406 bits per heavy atom. The molecule has 0 atom stereocenters. The summed E-state index contributed by atoms with van der Waals surface area (Å²) in [4.78, 5) is 0. The minimum absolute atomic E-state index is 1.19. The first-order valence-electron chi connectivity index (χ1n) is 13.9. The number of nitrogens with zero attached hydrogens (tertiary/aromatic N) is 2. The van der Waals surface area contributed by atoms with E-state index in [-0.39, 0.29) is 0 Å². The van der Waals surface area contributed by atoms with E-state index in [0.29, 0.717) is 0 Å². The highest BCUT2D eigenvalue weighted by Gasteiger charge is 2.05. The van der Waals surface area contributed by atoms with Gasteiger partial charge < -0.3 is 0 Å². The van der Waals surface area contributed by atoms with Crippen molar-refractivity contribution >= 4 is 0 Å². The Bertz CT molecular complexity index is 621. The third-order valence-electron chi connectivity index (χ3n) is 7.10. The van der Waals surface area contributed by atoms with Gasteiger partial charge in [-0.05, 0) is 50.7 Å². The first-order chi connectivity index (χ1) is 15.9. The maximum absolute atomic E-state index is 2.42. The number of aryl methyl sites for hydroxylation is 4. The number of hydrogen-bond donors (Lipinski definition) is 0. The predicted octanol–water partition coefficient (Wildman–Crippen LogP) is 7.30. The van der Waals surface area contributed by atoms with E-state index in [2.05, 4.69) is 58.2 Å². The lowest BCUT2D eigenvalue weighted by Crippen LogP contribution is -2.33.